The van der Waals surface area contributed by atoms with E-state index in [0.717, 1.165) is 16.7 Å². The second kappa shape index (κ2) is 7.90. The third kappa shape index (κ3) is 4.25. The van der Waals surface area contributed by atoms with Crippen molar-refractivity contribution in [2.45, 2.75) is 13.3 Å². The Kier molecular flexibility index (Phi) is 5.40. The fourth-order valence-corrected chi connectivity index (χ4v) is 2.85. The van der Waals surface area contributed by atoms with Gasteiger partial charge in [0.1, 0.15) is 12.4 Å². The highest BCUT2D eigenvalue weighted by atomic mass is 16.5. The molecule has 0 saturated carbocycles. The molecule has 0 atom stereocenters. The Morgan fingerprint density at radius 3 is 2.67 bits per heavy atom. The number of nitrogens with zero attached hydrogens (tertiary/aromatic N) is 2. The predicted octanol–water partition coefficient (Wildman–Crippen LogP) is 2.40. The van der Waals surface area contributed by atoms with Crippen molar-refractivity contribution >= 4 is 23.7 Å². The fourth-order valence-electron chi connectivity index (χ4n) is 2.85. The summed E-state index contributed by atoms with van der Waals surface area (Å²) in [6.45, 7) is 1.82. The van der Waals surface area contributed by atoms with Crippen LogP contribution in [0.4, 0.5) is 5.82 Å². The average molecular weight is 367 g/mol. The van der Waals surface area contributed by atoms with Crippen molar-refractivity contribution in [1.29, 1.82) is 0 Å². The summed E-state index contributed by atoms with van der Waals surface area (Å²) >= 11 is 0. The van der Waals surface area contributed by atoms with Crippen molar-refractivity contribution in [1.82, 2.24) is 9.88 Å². The van der Waals surface area contributed by atoms with Crippen molar-refractivity contribution in [3.05, 3.63) is 53.4 Å². The van der Waals surface area contributed by atoms with E-state index in [2.05, 4.69) is 10.3 Å². The molecule has 0 bridgehead atoms. The molecule has 27 heavy (non-hydrogen) atoms. The first-order chi connectivity index (χ1) is 13.0. The number of methoxy groups -OCH3 is 2. The molecular formula is C20H21N3O4. The van der Waals surface area contributed by atoms with Crippen LogP contribution < -0.4 is 14.8 Å². The molecule has 0 spiro atoms. The van der Waals surface area contributed by atoms with Crippen LogP contribution in [0.5, 0.6) is 11.5 Å². The van der Waals surface area contributed by atoms with Gasteiger partial charge in [0.2, 0.25) is 11.8 Å². The van der Waals surface area contributed by atoms with E-state index in [0.29, 0.717) is 17.3 Å². The van der Waals surface area contributed by atoms with Crippen LogP contribution in [0, 0.1) is 6.92 Å². The summed E-state index contributed by atoms with van der Waals surface area (Å²) < 4.78 is 10.6. The number of fused-ring (bicyclic) bond motifs is 1. The zero-order valence-electron chi connectivity index (χ0n) is 15.5. The number of carbonyl (C=O) groups is 2. The third-order valence-electron chi connectivity index (χ3n) is 4.24. The number of nitrogens with one attached hydrogen (secondary N) is 1. The Labute approximate surface area is 157 Å². The maximum absolute atomic E-state index is 12.6. The summed E-state index contributed by atoms with van der Waals surface area (Å²) in [5, 5.41) is 2.71. The van der Waals surface area contributed by atoms with Crippen LogP contribution in [0.3, 0.4) is 0 Å². The molecule has 3 rings (SSSR count). The molecule has 1 N–H and O–H groups in total. The van der Waals surface area contributed by atoms with Crippen LogP contribution >= 0.6 is 0 Å². The molecule has 2 aromatic rings. The van der Waals surface area contributed by atoms with E-state index in [9.17, 15) is 9.59 Å². The summed E-state index contributed by atoms with van der Waals surface area (Å²) in [6, 6.07) is 7.22. The van der Waals surface area contributed by atoms with Crippen LogP contribution in [0.1, 0.15) is 16.7 Å². The molecule has 7 heteroatoms. The van der Waals surface area contributed by atoms with E-state index in [4.69, 9.17) is 9.47 Å². The van der Waals surface area contributed by atoms with Crippen molar-refractivity contribution in [3.8, 4) is 11.5 Å². The molecular weight excluding hydrogens is 346 g/mol. The quantitative estimate of drug-likeness (QED) is 0.878. The largest absolute Gasteiger partial charge is 0.493 e. The lowest BCUT2D eigenvalue weighted by Crippen LogP contribution is -2.34. The lowest BCUT2D eigenvalue weighted by atomic mass is 10.0. The second-order valence-corrected chi connectivity index (χ2v) is 6.19. The first kappa shape index (κ1) is 18.4. The molecule has 0 unspecified atom stereocenters. The van der Waals surface area contributed by atoms with Gasteiger partial charge < -0.3 is 19.7 Å². The minimum atomic E-state index is -0.313. The SMILES string of the molecule is COc1cc2c(cc1OC)CC(=O)N(CC(=O)Nc1cc(C)ccn1)C=C2. The summed E-state index contributed by atoms with van der Waals surface area (Å²) in [5.41, 5.74) is 2.66. The number of carbonyl (C=O) groups excluding carboxylic acids is 2. The van der Waals surface area contributed by atoms with Crippen LogP contribution in [0.25, 0.3) is 6.08 Å². The number of rotatable bonds is 5. The molecule has 0 saturated heterocycles. The zero-order chi connectivity index (χ0) is 19.4. The number of aromatic nitrogens is 1. The van der Waals surface area contributed by atoms with Crippen molar-refractivity contribution in [2.75, 3.05) is 26.1 Å². The highest BCUT2D eigenvalue weighted by Gasteiger charge is 2.21. The van der Waals surface area contributed by atoms with Gasteiger partial charge in [-0.25, -0.2) is 4.98 Å². The van der Waals surface area contributed by atoms with Crippen molar-refractivity contribution < 1.29 is 19.1 Å². The molecule has 2 amide bonds. The molecule has 0 aliphatic carbocycles. The zero-order valence-corrected chi connectivity index (χ0v) is 15.5. The van der Waals surface area contributed by atoms with Gasteiger partial charge in [-0.2, -0.15) is 0 Å². The normalized spacial score (nSPS) is 13.0. The van der Waals surface area contributed by atoms with E-state index >= 15 is 0 Å². The van der Waals surface area contributed by atoms with E-state index in [1.165, 1.54) is 4.90 Å². The van der Waals surface area contributed by atoms with Gasteiger partial charge >= 0.3 is 0 Å². The molecule has 1 aliphatic heterocycles. The monoisotopic (exact) mass is 367 g/mol. The topological polar surface area (TPSA) is 80.8 Å². The standard InChI is InChI=1S/C20H21N3O4/c1-13-4-6-21-18(8-13)22-19(24)12-23-7-5-14-9-16(26-2)17(27-3)10-15(14)11-20(23)25/h4-10H,11-12H2,1-3H3,(H,21,22,24). The number of hydrogen-bond donors (Lipinski definition) is 1. The van der Waals surface area contributed by atoms with Gasteiger partial charge in [0, 0.05) is 12.4 Å². The minimum Gasteiger partial charge on any atom is -0.493 e. The van der Waals surface area contributed by atoms with E-state index in [1.54, 1.807) is 44.8 Å². The lowest BCUT2D eigenvalue weighted by molar-refractivity contribution is -0.131. The number of ether oxygens (including phenoxy) is 2. The van der Waals surface area contributed by atoms with Gasteiger partial charge in [-0.1, -0.05) is 0 Å². The number of anilines is 1. The molecule has 0 radical (unpaired) electrons. The number of amides is 2. The smallest absolute Gasteiger partial charge is 0.245 e. The minimum absolute atomic E-state index is 0.0901. The molecule has 140 valence electrons. The fraction of sp³-hybridized carbons (Fsp3) is 0.250. The predicted molar refractivity (Wildman–Crippen MR) is 102 cm³/mol. The van der Waals surface area contributed by atoms with Gasteiger partial charge in [0.25, 0.3) is 0 Å². The van der Waals surface area contributed by atoms with Crippen LogP contribution in [0.15, 0.2) is 36.7 Å². The Bertz CT molecular complexity index is 908. The Morgan fingerprint density at radius 1 is 1.22 bits per heavy atom. The van der Waals surface area contributed by atoms with E-state index in [1.807, 2.05) is 19.1 Å². The lowest BCUT2D eigenvalue weighted by Gasteiger charge is -2.16. The highest BCUT2D eigenvalue weighted by Crippen LogP contribution is 2.32. The number of benzene rings is 1. The second-order valence-electron chi connectivity index (χ2n) is 6.19. The van der Waals surface area contributed by atoms with Gasteiger partial charge in [-0.15, -0.1) is 0 Å². The van der Waals surface area contributed by atoms with Crippen LogP contribution in [-0.4, -0.2) is 42.5 Å². The van der Waals surface area contributed by atoms with E-state index < -0.39 is 0 Å². The van der Waals surface area contributed by atoms with Crippen molar-refractivity contribution in [2.24, 2.45) is 0 Å². The first-order valence-corrected chi connectivity index (χ1v) is 8.45. The Hall–Kier alpha value is -3.35. The summed E-state index contributed by atoms with van der Waals surface area (Å²) in [7, 11) is 3.11. The number of aryl methyl sites for hydroxylation is 1. The van der Waals surface area contributed by atoms with Crippen molar-refractivity contribution in [3.63, 3.8) is 0 Å². The molecule has 1 aromatic heterocycles. The highest BCUT2D eigenvalue weighted by molar-refractivity contribution is 5.95. The summed E-state index contributed by atoms with van der Waals surface area (Å²) in [5.74, 6) is 1.13. The number of hydrogen-bond acceptors (Lipinski definition) is 5. The van der Waals surface area contributed by atoms with Crippen LogP contribution in [0.2, 0.25) is 0 Å². The van der Waals surface area contributed by atoms with Crippen LogP contribution in [-0.2, 0) is 16.0 Å². The molecule has 1 aliphatic rings. The molecule has 1 aromatic carbocycles. The van der Waals surface area contributed by atoms with Gasteiger partial charge in [0.05, 0.1) is 20.6 Å². The molecule has 7 nitrogen and oxygen atoms in total. The number of pyridine rings is 1. The summed E-state index contributed by atoms with van der Waals surface area (Å²) in [6.07, 6.45) is 5.20. The third-order valence-corrected chi connectivity index (χ3v) is 4.24. The maximum atomic E-state index is 12.6. The molecule has 0 fully saturated rings. The van der Waals surface area contributed by atoms with Gasteiger partial charge in [-0.05, 0) is 54.0 Å². The average Bonchev–Trinajstić information content (AvgIpc) is 2.79. The summed E-state index contributed by atoms with van der Waals surface area (Å²) in [4.78, 5) is 30.4. The van der Waals surface area contributed by atoms with E-state index in [-0.39, 0.29) is 24.8 Å². The maximum Gasteiger partial charge on any atom is 0.245 e. The first-order valence-electron chi connectivity index (χ1n) is 8.45. The Morgan fingerprint density at radius 2 is 1.96 bits per heavy atom. The van der Waals surface area contributed by atoms with Gasteiger partial charge in [-0.3, -0.25) is 9.59 Å². The molecule has 2 heterocycles. The van der Waals surface area contributed by atoms with Gasteiger partial charge in [0.15, 0.2) is 11.5 Å². The Balaban J connectivity index is 1.74.